The topological polar surface area (TPSA) is 55.9 Å². The van der Waals surface area contributed by atoms with Crippen molar-refractivity contribution in [2.45, 2.75) is 12.5 Å². The van der Waals surface area contributed by atoms with Crippen molar-refractivity contribution in [2.75, 3.05) is 0 Å². The summed E-state index contributed by atoms with van der Waals surface area (Å²) in [6, 6.07) is 5.33. The summed E-state index contributed by atoms with van der Waals surface area (Å²) in [6.07, 6.45) is 2.17. The summed E-state index contributed by atoms with van der Waals surface area (Å²) in [5.74, 6) is 3.65. The second-order valence-electron chi connectivity index (χ2n) is 4.05. The van der Waals surface area contributed by atoms with Gasteiger partial charge in [0.2, 0.25) is 0 Å². The molecular weight excluding hydrogens is 238 g/mol. The molecule has 0 fully saturated rings. The molecule has 6 heteroatoms. The minimum atomic E-state index is -0.881. The van der Waals surface area contributed by atoms with Crippen molar-refractivity contribution in [3.63, 3.8) is 0 Å². The van der Waals surface area contributed by atoms with E-state index in [1.807, 2.05) is 6.07 Å². The Bertz CT molecular complexity index is 539. The van der Waals surface area contributed by atoms with Crippen LogP contribution in [0.25, 0.3) is 0 Å². The average molecular weight is 252 g/mol. The summed E-state index contributed by atoms with van der Waals surface area (Å²) in [6.45, 7) is 0. The molecule has 0 radical (unpaired) electrons. The van der Waals surface area contributed by atoms with E-state index in [0.717, 1.165) is 11.8 Å². The molecule has 1 aromatic carbocycles. The Kier molecular flexibility index (Phi) is 3.69. The predicted molar refractivity (Wildman–Crippen MR) is 63.3 cm³/mol. The van der Waals surface area contributed by atoms with E-state index in [9.17, 15) is 8.78 Å². The molecule has 4 nitrogen and oxygen atoms in total. The van der Waals surface area contributed by atoms with Crippen molar-refractivity contribution in [3.05, 3.63) is 53.4 Å². The van der Waals surface area contributed by atoms with Gasteiger partial charge in [-0.1, -0.05) is 12.1 Å². The Labute approximate surface area is 103 Å². The summed E-state index contributed by atoms with van der Waals surface area (Å²) in [5, 5.41) is 4.18. The summed E-state index contributed by atoms with van der Waals surface area (Å²) < 4.78 is 28.4. The number of aryl methyl sites for hydroxylation is 1. The van der Waals surface area contributed by atoms with E-state index < -0.39 is 17.7 Å². The van der Waals surface area contributed by atoms with Gasteiger partial charge in [-0.15, -0.1) is 0 Å². The molecule has 0 aliphatic rings. The van der Waals surface area contributed by atoms with Crippen LogP contribution in [0.2, 0.25) is 0 Å². The smallest absolute Gasteiger partial charge is 0.163 e. The van der Waals surface area contributed by atoms with Crippen LogP contribution >= 0.6 is 0 Å². The number of hydrogen-bond donors (Lipinski definition) is 2. The number of rotatable bonds is 4. The number of nitrogens with two attached hydrogens (primary N) is 1. The van der Waals surface area contributed by atoms with Crippen LogP contribution in [0.1, 0.15) is 17.3 Å². The number of benzene rings is 1. The molecule has 0 saturated carbocycles. The van der Waals surface area contributed by atoms with Crippen LogP contribution in [0.4, 0.5) is 8.78 Å². The zero-order valence-electron chi connectivity index (χ0n) is 9.90. The van der Waals surface area contributed by atoms with Gasteiger partial charge in [-0.3, -0.25) is 16.0 Å². The summed E-state index contributed by atoms with van der Waals surface area (Å²) in [5.41, 5.74) is 3.44. The first-order valence-corrected chi connectivity index (χ1v) is 5.50. The van der Waals surface area contributed by atoms with Crippen molar-refractivity contribution >= 4 is 0 Å². The molecule has 18 heavy (non-hydrogen) atoms. The Morgan fingerprint density at radius 1 is 1.39 bits per heavy atom. The molecule has 1 unspecified atom stereocenters. The lowest BCUT2D eigenvalue weighted by Gasteiger charge is -2.16. The minimum Gasteiger partial charge on any atom is -0.276 e. The fourth-order valence-electron chi connectivity index (χ4n) is 1.83. The standard InChI is InChI=1S/C12H14F2N4/c1-18-6-5-8(17-18)7-11(16-15)9-3-2-4-10(13)12(9)14/h2-6,11,16H,7,15H2,1H3. The molecule has 0 saturated heterocycles. The van der Waals surface area contributed by atoms with Crippen LogP contribution in [0.5, 0.6) is 0 Å². The normalized spacial score (nSPS) is 12.7. The van der Waals surface area contributed by atoms with Crippen LogP contribution in [-0.2, 0) is 13.5 Å². The number of halogens is 2. The third-order valence-electron chi connectivity index (χ3n) is 2.74. The highest BCUT2D eigenvalue weighted by molar-refractivity contribution is 5.24. The molecular formula is C12H14F2N4. The molecule has 0 amide bonds. The highest BCUT2D eigenvalue weighted by Crippen LogP contribution is 2.21. The van der Waals surface area contributed by atoms with Gasteiger partial charge in [-0.2, -0.15) is 5.10 Å². The Balaban J connectivity index is 2.25. The molecule has 0 bridgehead atoms. The van der Waals surface area contributed by atoms with Gasteiger partial charge >= 0.3 is 0 Å². The molecule has 0 aliphatic carbocycles. The largest absolute Gasteiger partial charge is 0.276 e. The number of aromatic nitrogens is 2. The van der Waals surface area contributed by atoms with Crippen LogP contribution in [-0.4, -0.2) is 9.78 Å². The molecule has 3 N–H and O–H groups in total. The molecule has 0 spiro atoms. The SMILES string of the molecule is Cn1ccc(CC(NN)c2cccc(F)c2F)n1. The number of hydrazine groups is 1. The molecule has 96 valence electrons. The zero-order chi connectivity index (χ0) is 13.1. The summed E-state index contributed by atoms with van der Waals surface area (Å²) >= 11 is 0. The first kappa shape index (κ1) is 12.7. The molecule has 2 rings (SSSR count). The molecule has 0 aliphatic heterocycles. The lowest BCUT2D eigenvalue weighted by Crippen LogP contribution is -2.30. The van der Waals surface area contributed by atoms with Crippen LogP contribution < -0.4 is 11.3 Å². The fourth-order valence-corrected chi connectivity index (χ4v) is 1.83. The monoisotopic (exact) mass is 252 g/mol. The molecule has 1 aromatic heterocycles. The zero-order valence-corrected chi connectivity index (χ0v) is 9.90. The van der Waals surface area contributed by atoms with Gasteiger partial charge < -0.3 is 0 Å². The quantitative estimate of drug-likeness (QED) is 0.639. The maximum Gasteiger partial charge on any atom is 0.163 e. The van der Waals surface area contributed by atoms with Crippen molar-refractivity contribution in [2.24, 2.45) is 12.9 Å². The van der Waals surface area contributed by atoms with Crippen molar-refractivity contribution < 1.29 is 8.78 Å². The highest BCUT2D eigenvalue weighted by Gasteiger charge is 2.18. The van der Waals surface area contributed by atoms with Crippen LogP contribution in [0.3, 0.4) is 0 Å². The van der Waals surface area contributed by atoms with E-state index in [4.69, 9.17) is 5.84 Å². The van der Waals surface area contributed by atoms with E-state index in [1.54, 1.807) is 17.9 Å². The molecule has 1 atom stereocenters. The highest BCUT2D eigenvalue weighted by atomic mass is 19.2. The van der Waals surface area contributed by atoms with Crippen LogP contribution in [0, 0.1) is 11.6 Å². The molecule has 1 heterocycles. The second-order valence-corrected chi connectivity index (χ2v) is 4.05. The third kappa shape index (κ3) is 2.55. The van der Waals surface area contributed by atoms with Crippen molar-refractivity contribution in [1.82, 2.24) is 15.2 Å². The predicted octanol–water partition coefficient (Wildman–Crippen LogP) is 1.45. The fraction of sp³-hybridized carbons (Fsp3) is 0.250. The van der Waals surface area contributed by atoms with E-state index >= 15 is 0 Å². The van der Waals surface area contributed by atoms with E-state index in [1.165, 1.54) is 12.1 Å². The first-order valence-electron chi connectivity index (χ1n) is 5.50. The maximum atomic E-state index is 13.7. The van der Waals surface area contributed by atoms with E-state index in [-0.39, 0.29) is 5.56 Å². The van der Waals surface area contributed by atoms with Crippen molar-refractivity contribution in [3.8, 4) is 0 Å². The Morgan fingerprint density at radius 2 is 2.17 bits per heavy atom. The van der Waals surface area contributed by atoms with Gasteiger partial charge in [0.25, 0.3) is 0 Å². The van der Waals surface area contributed by atoms with Gasteiger partial charge in [0, 0.05) is 25.2 Å². The lowest BCUT2D eigenvalue weighted by molar-refractivity contribution is 0.462. The minimum absolute atomic E-state index is 0.197. The van der Waals surface area contributed by atoms with Crippen LogP contribution in [0.15, 0.2) is 30.5 Å². The van der Waals surface area contributed by atoms with Gasteiger partial charge in [-0.25, -0.2) is 8.78 Å². The van der Waals surface area contributed by atoms with E-state index in [2.05, 4.69) is 10.5 Å². The Hall–Kier alpha value is -1.79. The second kappa shape index (κ2) is 5.24. The lowest BCUT2D eigenvalue weighted by atomic mass is 10.0. The summed E-state index contributed by atoms with van der Waals surface area (Å²) in [7, 11) is 1.79. The van der Waals surface area contributed by atoms with Gasteiger partial charge in [-0.05, 0) is 12.1 Å². The third-order valence-corrected chi connectivity index (χ3v) is 2.74. The van der Waals surface area contributed by atoms with E-state index in [0.29, 0.717) is 6.42 Å². The van der Waals surface area contributed by atoms with Crippen molar-refractivity contribution in [1.29, 1.82) is 0 Å². The van der Waals surface area contributed by atoms with Gasteiger partial charge in [0.05, 0.1) is 11.7 Å². The average Bonchev–Trinajstić information content (AvgIpc) is 2.76. The Morgan fingerprint density at radius 3 is 2.78 bits per heavy atom. The molecule has 2 aromatic rings. The number of nitrogens with zero attached hydrogens (tertiary/aromatic N) is 2. The van der Waals surface area contributed by atoms with Gasteiger partial charge in [0.1, 0.15) is 0 Å². The number of hydrogen-bond acceptors (Lipinski definition) is 3. The maximum absolute atomic E-state index is 13.7. The van der Waals surface area contributed by atoms with Gasteiger partial charge in [0.15, 0.2) is 11.6 Å². The number of nitrogens with one attached hydrogen (secondary N) is 1. The summed E-state index contributed by atoms with van der Waals surface area (Å²) in [4.78, 5) is 0. The first-order chi connectivity index (χ1) is 8.61.